The molecule has 2 atom stereocenters. The molecule has 2 amide bonds. The predicted octanol–water partition coefficient (Wildman–Crippen LogP) is 7.83. The standard InChI is InChI=1S/C18H26N2O6.C18H30N2O4.2C2H6/c1-3-11-20(12-4-2)13-5-7-14(8-6-13)26-18(25)19-15(17(23)24)9-10-16(21)22;1-5-6-15(2)19-18(21)24-17-9-7-16(8-10-17)20(11-13-22-3)12-14-23-4;2*1-2/h5-8,15H,3-4,9-12H2,1-2H3,(H,19,25)(H,21,22)(H,23,24);7-10,15H,5-6,11-14H2,1-4H3,(H,19,21);2*1-2H3/t2*15-;;/m01../s1. The van der Waals surface area contributed by atoms with Crippen LogP contribution in [0.1, 0.15) is 93.9 Å². The lowest BCUT2D eigenvalue weighted by molar-refractivity contribution is -0.140. The minimum atomic E-state index is -1.32. The van der Waals surface area contributed by atoms with E-state index in [0.717, 1.165) is 63.2 Å². The number of carbonyl (C=O) groups is 4. The zero-order valence-electron chi connectivity index (χ0n) is 34.3. The van der Waals surface area contributed by atoms with E-state index in [-0.39, 0.29) is 24.6 Å². The molecular formula is C40H68N4O10. The summed E-state index contributed by atoms with van der Waals surface area (Å²) in [4.78, 5) is 49.7. The molecule has 2 aromatic rings. The van der Waals surface area contributed by atoms with Gasteiger partial charge in [0.2, 0.25) is 0 Å². The van der Waals surface area contributed by atoms with E-state index in [1.54, 1.807) is 38.5 Å². The third-order valence-corrected chi connectivity index (χ3v) is 7.27. The molecule has 0 radical (unpaired) electrons. The SMILES string of the molecule is CC.CC.CCCN(CCC)c1ccc(OC(=O)N[C@@H](CCC(=O)O)C(=O)O)cc1.CCC[C@@H](C)NC(=O)Oc1ccc(N(CCOC)CCOC)cc1. The van der Waals surface area contributed by atoms with Gasteiger partial charge in [0.25, 0.3) is 0 Å². The van der Waals surface area contributed by atoms with E-state index < -0.39 is 30.2 Å². The summed E-state index contributed by atoms with van der Waals surface area (Å²) in [7, 11) is 3.37. The number of carboxylic acid groups (broad SMARTS) is 2. The van der Waals surface area contributed by atoms with Crippen LogP contribution in [-0.2, 0) is 19.1 Å². The largest absolute Gasteiger partial charge is 0.481 e. The highest BCUT2D eigenvalue weighted by molar-refractivity contribution is 5.81. The molecule has 0 saturated heterocycles. The van der Waals surface area contributed by atoms with Gasteiger partial charge in [0.1, 0.15) is 17.5 Å². The van der Waals surface area contributed by atoms with Crippen molar-refractivity contribution in [3.63, 3.8) is 0 Å². The van der Waals surface area contributed by atoms with Crippen LogP contribution < -0.4 is 29.9 Å². The van der Waals surface area contributed by atoms with Gasteiger partial charge in [0.05, 0.1) is 13.2 Å². The number of nitrogens with zero attached hydrogens (tertiary/aromatic N) is 2. The highest BCUT2D eigenvalue weighted by Gasteiger charge is 2.22. The minimum absolute atomic E-state index is 0.111. The van der Waals surface area contributed by atoms with Crippen LogP contribution in [0.5, 0.6) is 11.5 Å². The summed E-state index contributed by atoms with van der Waals surface area (Å²) in [5.74, 6) is -1.64. The van der Waals surface area contributed by atoms with Crippen LogP contribution in [0.2, 0.25) is 0 Å². The van der Waals surface area contributed by atoms with Gasteiger partial charge in [0.15, 0.2) is 0 Å². The van der Waals surface area contributed by atoms with Gasteiger partial charge in [-0.3, -0.25) is 4.79 Å². The quantitative estimate of drug-likeness (QED) is 0.0916. The number of nitrogens with one attached hydrogen (secondary N) is 2. The Balaban J connectivity index is 0. The lowest BCUT2D eigenvalue weighted by atomic mass is 10.1. The van der Waals surface area contributed by atoms with Gasteiger partial charge in [-0.05, 0) is 81.1 Å². The van der Waals surface area contributed by atoms with E-state index in [9.17, 15) is 19.2 Å². The van der Waals surface area contributed by atoms with E-state index >= 15 is 0 Å². The average Bonchev–Trinajstić information content (AvgIpc) is 3.16. The van der Waals surface area contributed by atoms with E-state index in [1.807, 2.05) is 58.9 Å². The Bertz CT molecular complexity index is 1250. The van der Waals surface area contributed by atoms with Gasteiger partial charge in [-0.1, -0.05) is 54.9 Å². The van der Waals surface area contributed by atoms with Crippen molar-refractivity contribution < 1.29 is 48.3 Å². The highest BCUT2D eigenvalue weighted by atomic mass is 16.6. The summed E-state index contributed by atoms with van der Waals surface area (Å²) >= 11 is 0. The summed E-state index contributed by atoms with van der Waals surface area (Å²) in [5, 5.41) is 22.6. The Labute approximate surface area is 323 Å². The van der Waals surface area contributed by atoms with Crippen molar-refractivity contribution in [1.29, 1.82) is 0 Å². The first-order chi connectivity index (χ1) is 26.0. The fourth-order valence-electron chi connectivity index (χ4n) is 4.78. The number of amides is 2. The van der Waals surface area contributed by atoms with Gasteiger partial charge in [-0.25, -0.2) is 14.4 Å². The van der Waals surface area contributed by atoms with E-state index in [4.69, 9.17) is 29.2 Å². The van der Waals surface area contributed by atoms with Crippen LogP contribution in [0.4, 0.5) is 21.0 Å². The van der Waals surface area contributed by atoms with Crippen LogP contribution in [0, 0.1) is 0 Å². The van der Waals surface area contributed by atoms with Gasteiger partial charge < -0.3 is 49.6 Å². The molecule has 0 aromatic heterocycles. The topological polar surface area (TPSA) is 176 Å². The first-order valence-corrected chi connectivity index (χ1v) is 19.1. The monoisotopic (exact) mass is 764 g/mol. The Kier molecular flexibility index (Phi) is 31.5. The van der Waals surface area contributed by atoms with E-state index in [2.05, 4.69) is 41.2 Å². The number of ether oxygens (including phenoxy) is 4. The Morgan fingerprint density at radius 2 is 1.04 bits per heavy atom. The first-order valence-electron chi connectivity index (χ1n) is 19.1. The van der Waals surface area contributed by atoms with E-state index in [1.165, 1.54) is 0 Å². The lowest BCUT2D eigenvalue weighted by Gasteiger charge is -2.24. The Morgan fingerprint density at radius 3 is 1.39 bits per heavy atom. The van der Waals surface area contributed by atoms with Crippen molar-refractivity contribution >= 4 is 35.5 Å². The molecule has 0 aliphatic heterocycles. The maximum absolute atomic E-state index is 11.8. The zero-order chi connectivity index (χ0) is 41.3. The van der Waals surface area contributed by atoms with Crippen LogP contribution in [0.25, 0.3) is 0 Å². The van der Waals surface area contributed by atoms with Crippen molar-refractivity contribution in [2.75, 3.05) is 63.4 Å². The molecule has 54 heavy (non-hydrogen) atoms. The van der Waals surface area contributed by atoms with Crippen molar-refractivity contribution in [2.24, 2.45) is 0 Å². The molecule has 14 nitrogen and oxygen atoms in total. The average molecular weight is 765 g/mol. The van der Waals surface area contributed by atoms with Gasteiger partial charge in [-0.15, -0.1) is 0 Å². The summed E-state index contributed by atoms with van der Waals surface area (Å²) < 4.78 is 20.7. The van der Waals surface area contributed by atoms with Crippen molar-refractivity contribution in [3.05, 3.63) is 48.5 Å². The summed E-state index contributed by atoms with van der Waals surface area (Å²) in [6, 6.07) is 13.2. The van der Waals surface area contributed by atoms with Gasteiger partial charge in [-0.2, -0.15) is 0 Å². The number of carboxylic acids is 2. The number of hydrogen-bond acceptors (Lipinski definition) is 10. The summed E-state index contributed by atoms with van der Waals surface area (Å²) in [5.41, 5.74) is 2.06. The molecule has 0 spiro atoms. The number of methoxy groups -OCH3 is 2. The van der Waals surface area contributed by atoms with Crippen molar-refractivity contribution in [1.82, 2.24) is 10.6 Å². The molecule has 14 heteroatoms. The summed E-state index contributed by atoms with van der Waals surface area (Å²) in [6.45, 7) is 20.9. The molecule has 0 bridgehead atoms. The molecule has 2 aromatic carbocycles. The van der Waals surface area contributed by atoms with Crippen molar-refractivity contribution in [2.45, 2.75) is 106 Å². The molecule has 0 aliphatic rings. The number of benzene rings is 2. The van der Waals surface area contributed by atoms with Gasteiger partial charge >= 0.3 is 24.1 Å². The number of rotatable bonds is 22. The minimum Gasteiger partial charge on any atom is -0.481 e. The van der Waals surface area contributed by atoms with Crippen LogP contribution in [0.3, 0.4) is 0 Å². The van der Waals surface area contributed by atoms with Crippen molar-refractivity contribution in [3.8, 4) is 11.5 Å². The van der Waals surface area contributed by atoms with E-state index in [0.29, 0.717) is 19.0 Å². The van der Waals surface area contributed by atoms with Crippen LogP contribution in [0.15, 0.2) is 48.5 Å². The third-order valence-electron chi connectivity index (χ3n) is 7.27. The number of anilines is 2. The highest BCUT2D eigenvalue weighted by Crippen LogP contribution is 2.21. The zero-order valence-corrected chi connectivity index (χ0v) is 34.3. The molecular weight excluding hydrogens is 696 g/mol. The molecule has 0 saturated carbocycles. The van der Waals surface area contributed by atoms with Crippen LogP contribution >= 0.6 is 0 Å². The number of aliphatic carboxylic acids is 2. The Morgan fingerprint density at radius 1 is 0.630 bits per heavy atom. The molecule has 308 valence electrons. The first kappa shape index (κ1) is 51.5. The normalized spacial score (nSPS) is 11.0. The Hall–Kier alpha value is -4.56. The number of hydrogen-bond donors (Lipinski definition) is 4. The predicted molar refractivity (Wildman–Crippen MR) is 215 cm³/mol. The molecule has 2 rings (SSSR count). The summed E-state index contributed by atoms with van der Waals surface area (Å²) in [6.07, 6.45) is 2.06. The maximum atomic E-state index is 11.8. The van der Waals surface area contributed by atoms with Gasteiger partial charge in [0, 0.05) is 64.2 Å². The second-order valence-electron chi connectivity index (χ2n) is 11.5. The smallest absolute Gasteiger partial charge is 0.413 e. The molecule has 4 N–H and O–H groups in total. The third kappa shape index (κ3) is 23.9. The molecule has 0 heterocycles. The maximum Gasteiger partial charge on any atom is 0.413 e. The molecule has 0 fully saturated rings. The molecule has 0 unspecified atom stereocenters. The second-order valence-corrected chi connectivity index (χ2v) is 11.5. The second kappa shape index (κ2) is 33.0. The fourth-order valence-corrected chi connectivity index (χ4v) is 4.78. The fraction of sp³-hybridized carbons (Fsp3) is 0.600. The van der Waals surface area contributed by atoms with Crippen LogP contribution in [-0.4, -0.2) is 100 Å². The lowest BCUT2D eigenvalue weighted by Crippen LogP contribution is -2.42. The number of carbonyl (C=O) groups excluding carboxylic acids is 2. The molecule has 0 aliphatic carbocycles.